The average molecular weight is 280 g/mol. The summed E-state index contributed by atoms with van der Waals surface area (Å²) in [4.78, 5) is 10.7. The fourth-order valence-electron chi connectivity index (χ4n) is 4.55. The fourth-order valence-corrected chi connectivity index (χ4v) is 4.55. The van der Waals surface area contributed by atoms with Gasteiger partial charge in [-0.25, -0.2) is 4.79 Å². The summed E-state index contributed by atoms with van der Waals surface area (Å²) in [5.41, 5.74) is 1.04. The summed E-state index contributed by atoms with van der Waals surface area (Å²) in [6.07, 6.45) is 6.31. The Labute approximate surface area is 122 Å². The van der Waals surface area contributed by atoms with E-state index in [0.717, 1.165) is 12.3 Å². The molecular formula is C17H28O3. The van der Waals surface area contributed by atoms with Gasteiger partial charge in [-0.1, -0.05) is 26.8 Å². The van der Waals surface area contributed by atoms with Gasteiger partial charge >= 0.3 is 5.97 Å². The minimum atomic E-state index is -0.898. The molecule has 2 rings (SSSR count). The van der Waals surface area contributed by atoms with E-state index < -0.39 is 12.1 Å². The molecule has 0 radical (unpaired) electrons. The molecule has 20 heavy (non-hydrogen) atoms. The summed E-state index contributed by atoms with van der Waals surface area (Å²) in [5, 5.41) is 19.0. The molecule has 0 saturated heterocycles. The number of fused-ring (bicyclic) bond motifs is 2. The molecule has 2 N–H and O–H groups in total. The van der Waals surface area contributed by atoms with E-state index >= 15 is 0 Å². The number of rotatable bonds is 5. The standard InChI is InChI=1S/C17H28O3/c1-11(15(19)20)5-6-14(18)10-13-9-12-7-8-17(13,4)16(12,2)3/h5,12-14,18H,6-10H2,1-4H3,(H,19,20)/t12-,13?,14?,17-/m1/s1. The van der Waals surface area contributed by atoms with Crippen molar-refractivity contribution in [3.8, 4) is 0 Å². The molecule has 0 aromatic rings. The lowest BCUT2D eigenvalue weighted by molar-refractivity contribution is -0.132. The Hall–Kier alpha value is -0.830. The Bertz CT molecular complexity index is 424. The molecule has 3 heteroatoms. The van der Waals surface area contributed by atoms with Crippen molar-refractivity contribution in [3.05, 3.63) is 11.6 Å². The van der Waals surface area contributed by atoms with E-state index in [-0.39, 0.29) is 0 Å². The summed E-state index contributed by atoms with van der Waals surface area (Å²) in [7, 11) is 0. The van der Waals surface area contributed by atoms with Crippen LogP contribution < -0.4 is 0 Å². The smallest absolute Gasteiger partial charge is 0.330 e. The zero-order valence-corrected chi connectivity index (χ0v) is 13.1. The maximum Gasteiger partial charge on any atom is 0.330 e. The maximum atomic E-state index is 10.7. The van der Waals surface area contributed by atoms with E-state index in [1.807, 2.05) is 0 Å². The molecule has 0 amide bonds. The van der Waals surface area contributed by atoms with Crippen LogP contribution in [0, 0.1) is 22.7 Å². The van der Waals surface area contributed by atoms with Gasteiger partial charge < -0.3 is 10.2 Å². The molecule has 2 aliphatic carbocycles. The highest BCUT2D eigenvalue weighted by molar-refractivity contribution is 5.85. The number of aliphatic hydroxyl groups is 1. The second-order valence-corrected chi connectivity index (χ2v) is 7.62. The highest BCUT2D eigenvalue weighted by Crippen LogP contribution is 2.68. The van der Waals surface area contributed by atoms with Crippen molar-refractivity contribution >= 4 is 5.97 Å². The van der Waals surface area contributed by atoms with E-state index in [1.54, 1.807) is 13.0 Å². The largest absolute Gasteiger partial charge is 0.478 e. The molecule has 0 aromatic heterocycles. The van der Waals surface area contributed by atoms with Gasteiger partial charge in [0.2, 0.25) is 0 Å². The Balaban J connectivity index is 1.95. The van der Waals surface area contributed by atoms with Crippen LogP contribution in [0.4, 0.5) is 0 Å². The minimum absolute atomic E-state index is 0.323. The number of carbonyl (C=O) groups is 1. The molecule has 2 saturated carbocycles. The van der Waals surface area contributed by atoms with Crippen LogP contribution in [0.25, 0.3) is 0 Å². The number of aliphatic carboxylic acids is 1. The molecule has 0 spiro atoms. The normalized spacial score (nSPS) is 37.1. The summed E-state index contributed by atoms with van der Waals surface area (Å²) in [6.45, 7) is 8.73. The van der Waals surface area contributed by atoms with Gasteiger partial charge in [-0.05, 0) is 61.7 Å². The number of hydrogen-bond donors (Lipinski definition) is 2. The van der Waals surface area contributed by atoms with Crippen molar-refractivity contribution in [3.63, 3.8) is 0 Å². The van der Waals surface area contributed by atoms with Crippen molar-refractivity contribution in [1.29, 1.82) is 0 Å². The fraction of sp³-hybridized carbons (Fsp3) is 0.824. The first-order valence-corrected chi connectivity index (χ1v) is 7.76. The number of carboxylic acid groups (broad SMARTS) is 1. The Kier molecular flexibility index (Phi) is 4.03. The molecule has 2 bridgehead atoms. The lowest BCUT2D eigenvalue weighted by Gasteiger charge is -2.40. The zero-order valence-electron chi connectivity index (χ0n) is 13.1. The second-order valence-electron chi connectivity index (χ2n) is 7.62. The summed E-state index contributed by atoms with van der Waals surface area (Å²) in [5.74, 6) is 0.469. The molecule has 0 aromatic carbocycles. The number of aliphatic hydroxyl groups excluding tert-OH is 1. The maximum absolute atomic E-state index is 10.7. The Morgan fingerprint density at radius 3 is 2.50 bits per heavy atom. The van der Waals surface area contributed by atoms with Crippen molar-refractivity contribution in [2.45, 2.75) is 65.9 Å². The van der Waals surface area contributed by atoms with Gasteiger partial charge in [-0.3, -0.25) is 0 Å². The molecule has 2 fully saturated rings. The molecule has 114 valence electrons. The third-order valence-corrected chi connectivity index (χ3v) is 6.56. The first-order chi connectivity index (χ1) is 9.18. The van der Waals surface area contributed by atoms with E-state index in [0.29, 0.717) is 28.7 Å². The van der Waals surface area contributed by atoms with Gasteiger partial charge in [-0.2, -0.15) is 0 Å². The Morgan fingerprint density at radius 1 is 1.40 bits per heavy atom. The van der Waals surface area contributed by atoms with Gasteiger partial charge in [0.05, 0.1) is 6.10 Å². The van der Waals surface area contributed by atoms with E-state index in [4.69, 9.17) is 5.11 Å². The van der Waals surface area contributed by atoms with Crippen LogP contribution in [-0.2, 0) is 4.79 Å². The molecule has 0 aliphatic heterocycles. The molecule has 3 nitrogen and oxygen atoms in total. The minimum Gasteiger partial charge on any atom is -0.478 e. The topological polar surface area (TPSA) is 57.5 Å². The summed E-state index contributed by atoms with van der Waals surface area (Å²) in [6, 6.07) is 0. The first kappa shape index (κ1) is 15.6. The molecule has 0 heterocycles. The summed E-state index contributed by atoms with van der Waals surface area (Å²) >= 11 is 0. The van der Waals surface area contributed by atoms with Gasteiger partial charge in [-0.15, -0.1) is 0 Å². The number of carboxylic acids is 1. The Morgan fingerprint density at radius 2 is 2.05 bits per heavy atom. The quantitative estimate of drug-likeness (QED) is 0.756. The summed E-state index contributed by atoms with van der Waals surface area (Å²) < 4.78 is 0. The third kappa shape index (κ3) is 2.41. The lowest BCUT2D eigenvalue weighted by atomic mass is 9.65. The van der Waals surface area contributed by atoms with E-state index in [9.17, 15) is 9.90 Å². The van der Waals surface area contributed by atoms with E-state index in [2.05, 4.69) is 20.8 Å². The van der Waals surface area contributed by atoms with E-state index in [1.165, 1.54) is 19.3 Å². The second kappa shape index (κ2) is 5.18. The van der Waals surface area contributed by atoms with Crippen LogP contribution in [0.15, 0.2) is 11.6 Å². The number of hydrogen-bond acceptors (Lipinski definition) is 2. The van der Waals surface area contributed by atoms with Crippen molar-refractivity contribution < 1.29 is 15.0 Å². The molecular weight excluding hydrogens is 252 g/mol. The SMILES string of the molecule is CC(=CCC(O)CC1C[C@H]2CC[C@@]1(C)C2(C)C)C(=O)O. The lowest BCUT2D eigenvalue weighted by Crippen LogP contribution is -2.33. The van der Waals surface area contributed by atoms with Gasteiger partial charge in [0, 0.05) is 5.57 Å². The van der Waals surface area contributed by atoms with Crippen LogP contribution in [0.5, 0.6) is 0 Å². The predicted octanol–water partition coefficient (Wildman–Crippen LogP) is 3.62. The van der Waals surface area contributed by atoms with Gasteiger partial charge in [0.15, 0.2) is 0 Å². The third-order valence-electron chi connectivity index (χ3n) is 6.56. The zero-order chi connectivity index (χ0) is 15.1. The van der Waals surface area contributed by atoms with Gasteiger partial charge in [0.1, 0.15) is 0 Å². The first-order valence-electron chi connectivity index (χ1n) is 7.76. The van der Waals surface area contributed by atoms with Crippen LogP contribution in [0.1, 0.15) is 59.8 Å². The van der Waals surface area contributed by atoms with Crippen molar-refractivity contribution in [2.24, 2.45) is 22.7 Å². The highest BCUT2D eigenvalue weighted by Gasteiger charge is 2.60. The predicted molar refractivity (Wildman–Crippen MR) is 79.4 cm³/mol. The van der Waals surface area contributed by atoms with Crippen LogP contribution in [-0.4, -0.2) is 22.3 Å². The molecule has 2 unspecified atom stereocenters. The average Bonchev–Trinajstić information content (AvgIpc) is 2.68. The monoisotopic (exact) mass is 280 g/mol. The van der Waals surface area contributed by atoms with Crippen molar-refractivity contribution in [2.75, 3.05) is 0 Å². The van der Waals surface area contributed by atoms with Gasteiger partial charge in [0.25, 0.3) is 0 Å². The van der Waals surface area contributed by atoms with Crippen molar-refractivity contribution in [1.82, 2.24) is 0 Å². The highest BCUT2D eigenvalue weighted by atomic mass is 16.4. The van der Waals surface area contributed by atoms with Crippen LogP contribution in [0.3, 0.4) is 0 Å². The van der Waals surface area contributed by atoms with Crippen LogP contribution in [0.2, 0.25) is 0 Å². The molecule has 2 aliphatic rings. The van der Waals surface area contributed by atoms with Crippen LogP contribution >= 0.6 is 0 Å². The molecule has 4 atom stereocenters.